The Kier molecular flexibility index (Phi) is 12.3. The third-order valence-corrected chi connectivity index (χ3v) is 8.06. The van der Waals surface area contributed by atoms with Crippen molar-refractivity contribution in [2.75, 3.05) is 13.2 Å². The number of nitrogens with one attached hydrogen (secondary N) is 4. The van der Waals surface area contributed by atoms with E-state index in [1.165, 1.54) is 22.3 Å². The van der Waals surface area contributed by atoms with E-state index < -0.39 is 0 Å². The van der Waals surface area contributed by atoms with Gasteiger partial charge in [0.05, 0.1) is 13.2 Å². The lowest BCUT2D eigenvalue weighted by molar-refractivity contribution is 0.261. The molecule has 6 nitrogen and oxygen atoms in total. The van der Waals surface area contributed by atoms with Crippen molar-refractivity contribution < 1.29 is 9.47 Å². The SMILES string of the molecule is CCCCOc1cc2c(cc1OCCCC)CNC(=S)NCc1cc(c(C(C)(C)C)cc1C(C)(C)C)CNC(=S)NC2. The summed E-state index contributed by atoms with van der Waals surface area (Å²) in [5.41, 5.74) is 7.29. The summed E-state index contributed by atoms with van der Waals surface area (Å²) in [5.74, 6) is 1.55. The molecule has 0 aliphatic carbocycles. The number of rotatable bonds is 8. The largest absolute Gasteiger partial charge is 0.490 e. The van der Waals surface area contributed by atoms with Crippen LogP contribution in [0.25, 0.3) is 0 Å². The zero-order valence-corrected chi connectivity index (χ0v) is 28.6. The molecule has 0 fully saturated rings. The predicted molar refractivity (Wildman–Crippen MR) is 184 cm³/mol. The van der Waals surface area contributed by atoms with Gasteiger partial charge in [-0.05, 0) is 93.6 Å². The van der Waals surface area contributed by atoms with Crippen molar-refractivity contribution in [1.29, 1.82) is 0 Å². The molecule has 1 aliphatic rings. The molecule has 0 atom stereocenters. The minimum atomic E-state index is -0.0121. The molecule has 42 heavy (non-hydrogen) atoms. The van der Waals surface area contributed by atoms with Gasteiger partial charge in [-0.15, -0.1) is 0 Å². The molecule has 1 heterocycles. The second-order valence-electron chi connectivity index (χ2n) is 13.2. The van der Waals surface area contributed by atoms with Gasteiger partial charge in [0.2, 0.25) is 0 Å². The van der Waals surface area contributed by atoms with Gasteiger partial charge in [-0.3, -0.25) is 0 Å². The van der Waals surface area contributed by atoms with E-state index in [4.69, 9.17) is 33.9 Å². The molecule has 0 amide bonds. The van der Waals surface area contributed by atoms with Crippen LogP contribution in [0.4, 0.5) is 0 Å². The second kappa shape index (κ2) is 15.2. The van der Waals surface area contributed by atoms with Gasteiger partial charge in [-0.1, -0.05) is 80.4 Å². The molecule has 0 saturated carbocycles. The summed E-state index contributed by atoms with van der Waals surface area (Å²) in [6.07, 6.45) is 4.13. The maximum absolute atomic E-state index is 6.20. The molecule has 0 unspecified atom stereocenters. The van der Waals surface area contributed by atoms with Crippen molar-refractivity contribution in [3.8, 4) is 11.5 Å². The van der Waals surface area contributed by atoms with E-state index in [1.807, 2.05) is 0 Å². The number of fused-ring (bicyclic) bond motifs is 3. The van der Waals surface area contributed by atoms with Crippen molar-refractivity contribution in [2.24, 2.45) is 0 Å². The lowest BCUT2D eigenvalue weighted by Gasteiger charge is -2.30. The highest BCUT2D eigenvalue weighted by Crippen LogP contribution is 2.35. The van der Waals surface area contributed by atoms with Crippen molar-refractivity contribution in [3.05, 3.63) is 57.6 Å². The van der Waals surface area contributed by atoms with Crippen LogP contribution in [0.1, 0.15) is 114 Å². The normalized spacial score (nSPS) is 14.8. The number of hydrogen-bond donors (Lipinski definition) is 4. The van der Waals surface area contributed by atoms with Gasteiger partial charge in [0.1, 0.15) is 0 Å². The van der Waals surface area contributed by atoms with E-state index in [2.05, 4.69) is 101 Å². The van der Waals surface area contributed by atoms with Crippen LogP contribution in [0.5, 0.6) is 11.5 Å². The van der Waals surface area contributed by atoms with Gasteiger partial charge < -0.3 is 30.7 Å². The van der Waals surface area contributed by atoms with Crippen molar-refractivity contribution in [3.63, 3.8) is 0 Å². The predicted octanol–water partition coefficient (Wildman–Crippen LogP) is 7.28. The van der Waals surface area contributed by atoms with Crippen LogP contribution in [0.3, 0.4) is 0 Å². The Hall–Kier alpha value is -2.58. The fourth-order valence-corrected chi connectivity index (χ4v) is 5.35. The summed E-state index contributed by atoms with van der Waals surface area (Å²) >= 11 is 11.5. The highest BCUT2D eigenvalue weighted by atomic mass is 32.1. The standard InChI is InChI=1S/C34H52N4O2S2/c1-9-11-13-39-29-16-23-19-35-31(41)37-21-25-15-26(28(34(6,7)8)18-27(25)33(3,4)5)22-38-32(42)36-20-24(23)17-30(29)40-14-12-10-2/h15-18H,9-14,19-22H2,1-8H3,(H2,35,37,41)(H2,36,38,42). The average molecular weight is 613 g/mol. The maximum atomic E-state index is 6.20. The summed E-state index contributed by atoms with van der Waals surface area (Å²) in [4.78, 5) is 0. The van der Waals surface area contributed by atoms with E-state index in [-0.39, 0.29) is 10.8 Å². The lowest BCUT2D eigenvalue weighted by atomic mass is 9.76. The van der Waals surface area contributed by atoms with E-state index in [9.17, 15) is 0 Å². The summed E-state index contributed by atoms with van der Waals surface area (Å²) in [7, 11) is 0. The lowest BCUT2D eigenvalue weighted by Crippen LogP contribution is -2.35. The summed E-state index contributed by atoms with van der Waals surface area (Å²) in [6.45, 7) is 21.7. The number of hydrogen-bond acceptors (Lipinski definition) is 4. The minimum absolute atomic E-state index is 0.0121. The molecule has 4 N–H and O–H groups in total. The average Bonchev–Trinajstić information content (AvgIpc) is 2.92. The molecule has 0 saturated heterocycles. The fraction of sp³-hybridized carbons (Fsp3) is 0.588. The third kappa shape index (κ3) is 9.73. The Labute approximate surface area is 265 Å². The number of benzene rings is 2. The molecule has 232 valence electrons. The monoisotopic (exact) mass is 612 g/mol. The number of ether oxygens (including phenoxy) is 2. The summed E-state index contributed by atoms with van der Waals surface area (Å²) < 4.78 is 12.4. The summed E-state index contributed by atoms with van der Waals surface area (Å²) in [6, 6.07) is 8.89. The van der Waals surface area contributed by atoms with Crippen LogP contribution >= 0.6 is 24.4 Å². The zero-order chi connectivity index (χ0) is 30.9. The topological polar surface area (TPSA) is 66.6 Å². The molecule has 1 aliphatic heterocycles. The Balaban J connectivity index is 1.98. The third-order valence-electron chi connectivity index (χ3n) is 7.48. The van der Waals surface area contributed by atoms with Crippen molar-refractivity contribution in [2.45, 2.75) is 118 Å². The van der Waals surface area contributed by atoms with Gasteiger partial charge in [0, 0.05) is 26.2 Å². The molecule has 0 spiro atoms. The Morgan fingerprint density at radius 2 is 0.929 bits per heavy atom. The van der Waals surface area contributed by atoms with E-state index >= 15 is 0 Å². The first-order chi connectivity index (χ1) is 19.8. The molecule has 2 aromatic carbocycles. The van der Waals surface area contributed by atoms with Gasteiger partial charge in [-0.25, -0.2) is 0 Å². The van der Waals surface area contributed by atoms with Crippen LogP contribution < -0.4 is 30.7 Å². The van der Waals surface area contributed by atoms with E-state index in [0.29, 0.717) is 49.6 Å². The van der Waals surface area contributed by atoms with Gasteiger partial charge in [-0.2, -0.15) is 0 Å². The van der Waals surface area contributed by atoms with Crippen LogP contribution in [-0.4, -0.2) is 23.4 Å². The molecular formula is C34H52N4O2S2. The van der Waals surface area contributed by atoms with Crippen LogP contribution in [0, 0.1) is 0 Å². The minimum Gasteiger partial charge on any atom is -0.490 e. The van der Waals surface area contributed by atoms with Gasteiger partial charge in [0.15, 0.2) is 21.7 Å². The van der Waals surface area contributed by atoms with Gasteiger partial charge in [0.25, 0.3) is 0 Å². The van der Waals surface area contributed by atoms with Crippen LogP contribution in [0.2, 0.25) is 0 Å². The smallest absolute Gasteiger partial charge is 0.166 e. The first kappa shape index (κ1) is 33.9. The molecule has 2 aromatic rings. The van der Waals surface area contributed by atoms with Crippen LogP contribution in [-0.2, 0) is 37.0 Å². The van der Waals surface area contributed by atoms with E-state index in [0.717, 1.165) is 48.3 Å². The molecule has 2 bridgehead atoms. The van der Waals surface area contributed by atoms with Crippen molar-refractivity contribution >= 4 is 34.7 Å². The highest BCUT2D eigenvalue weighted by Gasteiger charge is 2.25. The van der Waals surface area contributed by atoms with Crippen molar-refractivity contribution in [1.82, 2.24) is 21.3 Å². The molecule has 0 radical (unpaired) electrons. The number of unbranched alkanes of at least 4 members (excludes halogenated alkanes) is 2. The second-order valence-corrected chi connectivity index (χ2v) is 14.0. The quantitative estimate of drug-likeness (QED) is 0.183. The number of thiocarbonyl (C=S) groups is 2. The zero-order valence-electron chi connectivity index (χ0n) is 27.0. The first-order valence-corrected chi connectivity index (χ1v) is 16.3. The molecule has 8 heteroatoms. The highest BCUT2D eigenvalue weighted by molar-refractivity contribution is 7.80. The molecule has 3 rings (SSSR count). The fourth-order valence-electron chi connectivity index (χ4n) is 5.06. The summed E-state index contributed by atoms with van der Waals surface area (Å²) in [5, 5.41) is 15.1. The van der Waals surface area contributed by atoms with Gasteiger partial charge >= 0.3 is 0 Å². The molecular weight excluding hydrogens is 561 g/mol. The molecule has 0 aromatic heterocycles. The maximum Gasteiger partial charge on any atom is 0.166 e. The Morgan fingerprint density at radius 1 is 0.571 bits per heavy atom. The Morgan fingerprint density at radius 3 is 1.26 bits per heavy atom. The van der Waals surface area contributed by atoms with Crippen LogP contribution in [0.15, 0.2) is 24.3 Å². The first-order valence-electron chi connectivity index (χ1n) is 15.4. The van der Waals surface area contributed by atoms with E-state index in [1.54, 1.807) is 0 Å². The Bertz CT molecular complexity index is 1140.